The molecule has 184 valence electrons. The minimum atomic E-state index is -2.62. The molecule has 0 spiro atoms. The van der Waals surface area contributed by atoms with Crippen LogP contribution in [0.4, 0.5) is 0 Å². The Balaban J connectivity index is -0.000000911. The fraction of sp³-hybridized carbons (Fsp3) is 0.542. The fourth-order valence-electron chi connectivity index (χ4n) is 4.22. The maximum absolute atomic E-state index is 5.70. The van der Waals surface area contributed by atoms with Crippen molar-refractivity contribution in [3.8, 4) is 0 Å². The van der Waals surface area contributed by atoms with E-state index in [-0.39, 0.29) is 43.3 Å². The van der Waals surface area contributed by atoms with Crippen molar-refractivity contribution in [3.63, 3.8) is 0 Å². The van der Waals surface area contributed by atoms with Crippen LogP contribution >= 0.6 is 0 Å². The van der Waals surface area contributed by atoms with Crippen LogP contribution in [0, 0.1) is 34.3 Å². The molecule has 0 aromatic carbocycles. The molecule has 1 aliphatic carbocycles. The Morgan fingerprint density at radius 3 is 1.71 bits per heavy atom. The largest absolute Gasteiger partial charge is 4.00 e. The van der Waals surface area contributed by atoms with Crippen molar-refractivity contribution >= 4 is 25.0 Å². The molecule has 0 saturated heterocycles. The van der Waals surface area contributed by atoms with Gasteiger partial charge in [0.15, 0.2) is 0 Å². The average molecular weight is 664 g/mol. The first-order valence-corrected chi connectivity index (χ1v) is 18.1. The molecule has 3 nitrogen and oxygen atoms in total. The maximum atomic E-state index is 5.70. The molecule has 1 aliphatic rings. The molecule has 7 heteroatoms. The van der Waals surface area contributed by atoms with Crippen LogP contribution in [0.2, 0.25) is 44.3 Å². The molecule has 0 amide bonds. The van der Waals surface area contributed by atoms with Crippen LogP contribution in [0.5, 0.6) is 0 Å². The summed E-state index contributed by atoms with van der Waals surface area (Å²) in [5, 5.41) is 3.15. The molecule has 1 rings (SSSR count). The Bertz CT molecular complexity index is 601. The molecule has 0 bridgehead atoms. The Labute approximate surface area is 213 Å². The molecule has 0 aromatic heterocycles. The van der Waals surface area contributed by atoms with E-state index in [1.165, 1.54) is 10.8 Å². The molecule has 31 heavy (non-hydrogen) atoms. The summed E-state index contributed by atoms with van der Waals surface area (Å²) in [6, 6.07) is 2.97. The minimum Gasteiger partial charge on any atom is -0.377 e. The summed E-state index contributed by atoms with van der Waals surface area (Å²) in [4.78, 5) is 0. The van der Waals surface area contributed by atoms with Crippen LogP contribution in [0.1, 0.15) is 13.3 Å². The molecular formula is C24H48O3PtSi3. The maximum Gasteiger partial charge on any atom is 4.00 e. The van der Waals surface area contributed by atoms with E-state index in [1.807, 2.05) is 0 Å². The van der Waals surface area contributed by atoms with E-state index in [0.29, 0.717) is 5.92 Å². The zero-order valence-electron chi connectivity index (χ0n) is 22.0. The third-order valence-electron chi connectivity index (χ3n) is 5.77. The van der Waals surface area contributed by atoms with Crippen LogP contribution in [0.15, 0.2) is 41.3 Å². The summed E-state index contributed by atoms with van der Waals surface area (Å²) < 4.78 is 17.1. The van der Waals surface area contributed by atoms with Gasteiger partial charge in [0.05, 0.1) is 0 Å². The van der Waals surface area contributed by atoms with E-state index in [2.05, 4.69) is 64.5 Å². The second-order valence-electron chi connectivity index (χ2n) is 8.78. The second kappa shape index (κ2) is 15.9. The Kier molecular flexibility index (Phi) is 19.7. The standard InChI is InChI=1S/C21H39O3Si3.3CH3.Pt/c1-11-15-25(7,8)20-14-13-19(21(20)26(9,10)16-12-2)18(3)17-27(22-4,23-5)24-6;;;;/h11-12,18H,1-2,13,15-17H2,3-10H3;3*1H3;/q4*-1;+4. The van der Waals surface area contributed by atoms with Crippen LogP contribution in [0.25, 0.3) is 0 Å². The Morgan fingerprint density at radius 1 is 0.903 bits per heavy atom. The van der Waals surface area contributed by atoms with Crippen molar-refractivity contribution in [2.24, 2.45) is 5.92 Å². The smallest absolute Gasteiger partial charge is 0.377 e. The molecule has 0 N–H and O–H groups in total. The van der Waals surface area contributed by atoms with Crippen molar-refractivity contribution in [1.82, 2.24) is 0 Å². The van der Waals surface area contributed by atoms with Crippen LogP contribution < -0.4 is 0 Å². The van der Waals surface area contributed by atoms with Gasteiger partial charge in [-0.1, -0.05) is 51.3 Å². The summed E-state index contributed by atoms with van der Waals surface area (Å²) in [6.45, 7) is 20.2. The summed E-state index contributed by atoms with van der Waals surface area (Å²) >= 11 is 0. The molecular weight excluding hydrogens is 616 g/mol. The van der Waals surface area contributed by atoms with Crippen molar-refractivity contribution < 1.29 is 34.3 Å². The van der Waals surface area contributed by atoms with Gasteiger partial charge >= 0.3 is 29.9 Å². The number of hydrogen-bond acceptors (Lipinski definition) is 3. The molecule has 0 heterocycles. The van der Waals surface area contributed by atoms with Crippen LogP contribution in [-0.2, 0) is 34.3 Å². The average Bonchev–Trinajstić information content (AvgIpc) is 3.07. The first-order chi connectivity index (χ1) is 12.5. The van der Waals surface area contributed by atoms with Gasteiger partial charge in [-0.3, -0.25) is 6.08 Å². The van der Waals surface area contributed by atoms with Gasteiger partial charge in [-0.2, -0.15) is 5.57 Å². The Morgan fingerprint density at radius 2 is 1.32 bits per heavy atom. The third-order valence-corrected chi connectivity index (χ3v) is 15.3. The molecule has 0 fully saturated rings. The Hall–Kier alpha value is 0.179. The molecule has 1 unspecified atom stereocenters. The molecule has 0 saturated carbocycles. The van der Waals surface area contributed by atoms with E-state index in [0.717, 1.165) is 24.6 Å². The van der Waals surface area contributed by atoms with E-state index in [9.17, 15) is 0 Å². The summed E-state index contributed by atoms with van der Waals surface area (Å²) in [5.41, 5.74) is 1.52. The van der Waals surface area contributed by atoms with Crippen LogP contribution in [0.3, 0.4) is 0 Å². The summed E-state index contributed by atoms with van der Waals surface area (Å²) in [5.74, 6) is 0.349. The van der Waals surface area contributed by atoms with Crippen molar-refractivity contribution in [3.05, 3.63) is 69.6 Å². The van der Waals surface area contributed by atoms with Gasteiger partial charge in [0.1, 0.15) is 0 Å². The number of allylic oxidation sites excluding steroid dienone is 6. The summed E-state index contributed by atoms with van der Waals surface area (Å²) in [6.07, 6.45) is 8.92. The normalized spacial score (nSPS) is 14.9. The van der Waals surface area contributed by atoms with E-state index in [1.54, 1.807) is 26.5 Å². The minimum absolute atomic E-state index is 0. The molecule has 0 aliphatic heterocycles. The quantitative estimate of drug-likeness (QED) is 0.126. The SMILES string of the molecule is C=CC[Si](C)(C)C1=[C-]CC(C(C)C[Si](OC)(OC)OC)=C1[Si](C)(C)CC=C.[CH3-].[CH3-].[CH3-].[Pt+4]. The summed E-state index contributed by atoms with van der Waals surface area (Å²) in [7, 11) is -0.773. The van der Waals surface area contributed by atoms with Gasteiger partial charge in [-0.15, -0.1) is 19.6 Å². The number of hydrogen-bond donors (Lipinski definition) is 0. The third kappa shape index (κ3) is 9.15. The monoisotopic (exact) mass is 663 g/mol. The first kappa shape index (κ1) is 38.4. The molecule has 0 aromatic rings. The second-order valence-corrected chi connectivity index (χ2v) is 21.1. The van der Waals surface area contributed by atoms with Crippen LogP contribution in [-0.4, -0.2) is 46.3 Å². The van der Waals surface area contributed by atoms with Gasteiger partial charge in [-0.25, -0.2) is 10.4 Å². The fourth-order valence-corrected chi connectivity index (χ4v) is 13.5. The van der Waals surface area contributed by atoms with E-state index in [4.69, 9.17) is 13.3 Å². The van der Waals surface area contributed by atoms with Crippen molar-refractivity contribution in [1.29, 1.82) is 0 Å². The van der Waals surface area contributed by atoms with E-state index < -0.39 is 25.0 Å². The van der Waals surface area contributed by atoms with Gasteiger partial charge in [0.2, 0.25) is 0 Å². The van der Waals surface area contributed by atoms with Crippen molar-refractivity contribution in [2.75, 3.05) is 21.3 Å². The van der Waals surface area contributed by atoms with Crippen molar-refractivity contribution in [2.45, 2.75) is 57.7 Å². The van der Waals surface area contributed by atoms with Gasteiger partial charge in [0.25, 0.3) is 0 Å². The topological polar surface area (TPSA) is 27.7 Å². The zero-order valence-corrected chi connectivity index (χ0v) is 27.3. The molecule has 0 radical (unpaired) electrons. The van der Waals surface area contributed by atoms with Gasteiger partial charge in [-0.05, 0) is 20.0 Å². The predicted molar refractivity (Wildman–Crippen MR) is 143 cm³/mol. The number of rotatable bonds is 12. The van der Waals surface area contributed by atoms with E-state index >= 15 is 0 Å². The first-order valence-electron chi connectivity index (χ1n) is 9.76. The molecule has 1 atom stereocenters. The van der Waals surface area contributed by atoms with Gasteiger partial charge in [0, 0.05) is 35.4 Å². The van der Waals surface area contributed by atoms with Gasteiger partial charge < -0.3 is 35.6 Å². The zero-order chi connectivity index (χ0) is 20.9. The predicted octanol–water partition coefficient (Wildman–Crippen LogP) is 7.15.